The average molecular weight is 214 g/mol. The lowest BCUT2D eigenvalue weighted by Crippen LogP contribution is -2.34. The highest BCUT2D eigenvalue weighted by atomic mass is 16.5. The molecule has 88 valence electrons. The van der Waals surface area contributed by atoms with Gasteiger partial charge >= 0.3 is 0 Å². The summed E-state index contributed by atoms with van der Waals surface area (Å²) in [6, 6.07) is 0. The van der Waals surface area contributed by atoms with Crippen LogP contribution in [0.15, 0.2) is 0 Å². The summed E-state index contributed by atoms with van der Waals surface area (Å²) in [6.07, 6.45) is 3.66. The van der Waals surface area contributed by atoms with Crippen molar-refractivity contribution >= 4 is 5.91 Å². The monoisotopic (exact) mass is 214 g/mol. The number of nitrogens with one attached hydrogen (secondary N) is 2. The Morgan fingerprint density at radius 3 is 2.93 bits per heavy atom. The normalized spacial score (nSPS) is 15.3. The fourth-order valence-corrected chi connectivity index (χ4v) is 1.30. The largest absolute Gasteiger partial charge is 0.381 e. The average Bonchev–Trinajstić information content (AvgIpc) is 3.00. The van der Waals surface area contributed by atoms with Crippen LogP contribution in [0.1, 0.15) is 26.2 Å². The lowest BCUT2D eigenvalue weighted by molar-refractivity contribution is -0.120. The van der Waals surface area contributed by atoms with Crippen molar-refractivity contribution in [1.82, 2.24) is 10.6 Å². The maximum absolute atomic E-state index is 11.0. The topological polar surface area (TPSA) is 50.4 Å². The Kier molecular flexibility index (Phi) is 6.36. The van der Waals surface area contributed by atoms with Gasteiger partial charge in [-0.1, -0.05) is 0 Å². The molecule has 0 heterocycles. The van der Waals surface area contributed by atoms with Crippen LogP contribution in [0.5, 0.6) is 0 Å². The highest BCUT2D eigenvalue weighted by Gasteiger charge is 2.20. The van der Waals surface area contributed by atoms with Crippen molar-refractivity contribution in [2.45, 2.75) is 26.2 Å². The van der Waals surface area contributed by atoms with Crippen LogP contribution in [0.4, 0.5) is 0 Å². The van der Waals surface area contributed by atoms with E-state index >= 15 is 0 Å². The minimum atomic E-state index is 0.0661. The summed E-state index contributed by atoms with van der Waals surface area (Å²) in [5.74, 6) is 0.907. The van der Waals surface area contributed by atoms with Crippen LogP contribution in [0.25, 0.3) is 0 Å². The van der Waals surface area contributed by atoms with E-state index in [0.29, 0.717) is 13.1 Å². The van der Waals surface area contributed by atoms with Crippen LogP contribution in [0.2, 0.25) is 0 Å². The Hall–Kier alpha value is -0.610. The second-order valence-corrected chi connectivity index (χ2v) is 4.00. The quantitative estimate of drug-likeness (QED) is 0.550. The summed E-state index contributed by atoms with van der Waals surface area (Å²) in [5.41, 5.74) is 0. The molecule has 1 fully saturated rings. The molecular weight excluding hydrogens is 192 g/mol. The Morgan fingerprint density at radius 2 is 2.27 bits per heavy atom. The van der Waals surface area contributed by atoms with Crippen molar-refractivity contribution in [2.75, 3.05) is 32.8 Å². The van der Waals surface area contributed by atoms with Gasteiger partial charge in [0.15, 0.2) is 0 Å². The number of amides is 1. The van der Waals surface area contributed by atoms with Gasteiger partial charge in [-0.2, -0.15) is 0 Å². The molecule has 0 saturated heterocycles. The number of rotatable bonds is 9. The second-order valence-electron chi connectivity index (χ2n) is 4.00. The van der Waals surface area contributed by atoms with Crippen LogP contribution in [0.3, 0.4) is 0 Å². The predicted molar refractivity (Wildman–Crippen MR) is 59.7 cm³/mol. The molecule has 0 spiro atoms. The molecule has 1 aliphatic carbocycles. The van der Waals surface area contributed by atoms with Gasteiger partial charge in [-0.15, -0.1) is 0 Å². The van der Waals surface area contributed by atoms with Gasteiger partial charge in [-0.3, -0.25) is 4.79 Å². The number of likely N-dealkylation sites (N-methyl/N-ethyl adjacent to an activating group) is 1. The summed E-state index contributed by atoms with van der Waals surface area (Å²) in [4.78, 5) is 11.0. The molecule has 0 aromatic heterocycles. The summed E-state index contributed by atoms with van der Waals surface area (Å²) < 4.78 is 5.47. The van der Waals surface area contributed by atoms with Gasteiger partial charge in [0.25, 0.3) is 0 Å². The molecule has 2 N–H and O–H groups in total. The summed E-state index contributed by atoms with van der Waals surface area (Å²) >= 11 is 0. The second kappa shape index (κ2) is 7.65. The molecule has 0 radical (unpaired) electrons. The maximum atomic E-state index is 11.0. The zero-order valence-corrected chi connectivity index (χ0v) is 9.55. The molecule has 0 atom stereocenters. The maximum Gasteiger partial charge on any atom is 0.233 e. The van der Waals surface area contributed by atoms with E-state index < -0.39 is 0 Å². The lowest BCUT2D eigenvalue weighted by Gasteiger charge is -2.05. The van der Waals surface area contributed by atoms with E-state index in [0.717, 1.165) is 32.1 Å². The first-order chi connectivity index (χ1) is 7.33. The number of carbonyl (C=O) groups excluding carboxylic acids is 1. The Balaban J connectivity index is 1.73. The van der Waals surface area contributed by atoms with Crippen LogP contribution in [0, 0.1) is 5.92 Å². The molecule has 1 saturated carbocycles. The van der Waals surface area contributed by atoms with Gasteiger partial charge < -0.3 is 15.4 Å². The Morgan fingerprint density at radius 1 is 1.47 bits per heavy atom. The first-order valence-corrected chi connectivity index (χ1v) is 5.88. The van der Waals surface area contributed by atoms with E-state index in [1.807, 2.05) is 6.92 Å². The molecule has 0 bridgehead atoms. The molecule has 0 aliphatic heterocycles. The minimum Gasteiger partial charge on any atom is -0.381 e. The number of carbonyl (C=O) groups is 1. The third-order valence-electron chi connectivity index (χ3n) is 2.35. The summed E-state index contributed by atoms with van der Waals surface area (Å²) in [7, 11) is 0. The van der Waals surface area contributed by atoms with Crippen LogP contribution in [-0.4, -0.2) is 38.8 Å². The van der Waals surface area contributed by atoms with Crippen molar-refractivity contribution in [1.29, 1.82) is 0 Å². The zero-order chi connectivity index (χ0) is 10.9. The van der Waals surface area contributed by atoms with Crippen molar-refractivity contribution in [3.05, 3.63) is 0 Å². The smallest absolute Gasteiger partial charge is 0.233 e. The van der Waals surface area contributed by atoms with Gasteiger partial charge in [0.05, 0.1) is 6.54 Å². The van der Waals surface area contributed by atoms with Crippen molar-refractivity contribution < 1.29 is 9.53 Å². The van der Waals surface area contributed by atoms with E-state index in [1.165, 1.54) is 12.8 Å². The van der Waals surface area contributed by atoms with Gasteiger partial charge in [0.2, 0.25) is 5.91 Å². The third-order valence-corrected chi connectivity index (χ3v) is 2.35. The molecule has 1 aliphatic rings. The fraction of sp³-hybridized carbons (Fsp3) is 0.909. The number of hydrogen-bond acceptors (Lipinski definition) is 3. The SMILES string of the molecule is CCNC(=O)CNCCCOCC1CC1. The number of hydrogen-bond donors (Lipinski definition) is 2. The summed E-state index contributed by atoms with van der Waals surface area (Å²) in [6.45, 7) is 5.61. The van der Waals surface area contributed by atoms with Gasteiger partial charge in [-0.05, 0) is 38.6 Å². The molecule has 1 rings (SSSR count). The van der Waals surface area contributed by atoms with Crippen molar-refractivity contribution in [3.63, 3.8) is 0 Å². The van der Waals surface area contributed by atoms with Crippen molar-refractivity contribution in [2.24, 2.45) is 5.92 Å². The Bertz CT molecular complexity index is 181. The van der Waals surface area contributed by atoms with Crippen LogP contribution >= 0.6 is 0 Å². The molecule has 0 aromatic rings. The molecule has 4 nitrogen and oxygen atoms in total. The van der Waals surface area contributed by atoms with Gasteiger partial charge in [-0.25, -0.2) is 0 Å². The van der Waals surface area contributed by atoms with E-state index in [-0.39, 0.29) is 5.91 Å². The number of ether oxygens (including phenoxy) is 1. The van der Waals surface area contributed by atoms with Gasteiger partial charge in [0, 0.05) is 19.8 Å². The van der Waals surface area contributed by atoms with E-state index in [4.69, 9.17) is 4.74 Å². The third kappa shape index (κ3) is 7.33. The first-order valence-electron chi connectivity index (χ1n) is 5.88. The minimum absolute atomic E-state index is 0.0661. The van der Waals surface area contributed by atoms with Gasteiger partial charge in [0.1, 0.15) is 0 Å². The van der Waals surface area contributed by atoms with E-state index in [1.54, 1.807) is 0 Å². The lowest BCUT2D eigenvalue weighted by atomic mass is 10.4. The molecular formula is C11H22N2O2. The summed E-state index contributed by atoms with van der Waals surface area (Å²) in [5, 5.41) is 5.82. The highest BCUT2D eigenvalue weighted by Crippen LogP contribution is 2.28. The Labute approximate surface area is 91.8 Å². The standard InChI is InChI=1S/C11H22N2O2/c1-2-13-11(14)8-12-6-3-7-15-9-10-4-5-10/h10,12H,2-9H2,1H3,(H,13,14). The highest BCUT2D eigenvalue weighted by molar-refractivity contribution is 5.77. The van der Waals surface area contributed by atoms with Crippen LogP contribution in [-0.2, 0) is 9.53 Å². The van der Waals surface area contributed by atoms with Crippen molar-refractivity contribution in [3.8, 4) is 0 Å². The molecule has 0 unspecified atom stereocenters. The molecule has 4 heteroatoms. The van der Waals surface area contributed by atoms with Crippen LogP contribution < -0.4 is 10.6 Å². The molecule has 1 amide bonds. The van der Waals surface area contributed by atoms with E-state index in [9.17, 15) is 4.79 Å². The predicted octanol–water partition coefficient (Wildman–Crippen LogP) is 0.529. The fourth-order valence-electron chi connectivity index (χ4n) is 1.30. The zero-order valence-electron chi connectivity index (χ0n) is 9.55. The molecule has 15 heavy (non-hydrogen) atoms. The van der Waals surface area contributed by atoms with E-state index in [2.05, 4.69) is 10.6 Å². The molecule has 0 aromatic carbocycles. The first kappa shape index (κ1) is 12.5.